The van der Waals surface area contributed by atoms with Crippen LogP contribution in [0, 0.1) is 5.41 Å². The third-order valence-corrected chi connectivity index (χ3v) is 4.15. The van der Waals surface area contributed by atoms with Crippen LogP contribution in [0.3, 0.4) is 0 Å². The molecule has 0 saturated carbocycles. The molecule has 0 unspecified atom stereocenters. The first-order valence-corrected chi connectivity index (χ1v) is 8.88. The summed E-state index contributed by atoms with van der Waals surface area (Å²) >= 11 is 0. The summed E-state index contributed by atoms with van der Waals surface area (Å²) in [6.07, 6.45) is -0.444. The molecule has 1 rings (SSSR count). The van der Waals surface area contributed by atoms with Crippen molar-refractivity contribution in [1.29, 1.82) is 0 Å². The number of rotatable bonds is 6. The van der Waals surface area contributed by atoms with E-state index in [9.17, 15) is 14.7 Å². The van der Waals surface area contributed by atoms with Crippen LogP contribution >= 0.6 is 0 Å². The zero-order chi connectivity index (χ0) is 20.1. The Morgan fingerprint density at radius 2 is 1.69 bits per heavy atom. The molecule has 0 atom stereocenters. The molecule has 0 radical (unpaired) electrons. The first-order chi connectivity index (χ1) is 11.9. The molecule has 1 aromatic rings. The molecular formula is C20H32N2O4. The molecule has 1 N–H and O–H groups in total. The second-order valence-corrected chi connectivity index (χ2v) is 8.00. The number of benzene rings is 1. The number of hydrogen-bond acceptors (Lipinski definition) is 4. The quantitative estimate of drug-likeness (QED) is 0.837. The minimum Gasteiger partial charge on any atom is -0.508 e. The second-order valence-electron chi connectivity index (χ2n) is 8.00. The van der Waals surface area contributed by atoms with Crippen LogP contribution in [-0.2, 0) is 16.1 Å². The summed E-state index contributed by atoms with van der Waals surface area (Å²) in [7, 11) is 3.38. The molecule has 0 bridgehead atoms. The van der Waals surface area contributed by atoms with Gasteiger partial charge in [-0.2, -0.15) is 0 Å². The van der Waals surface area contributed by atoms with Crippen molar-refractivity contribution in [2.75, 3.05) is 27.2 Å². The third kappa shape index (κ3) is 6.24. The zero-order valence-electron chi connectivity index (χ0n) is 17.0. The Morgan fingerprint density at radius 1 is 1.12 bits per heavy atom. The van der Waals surface area contributed by atoms with Gasteiger partial charge < -0.3 is 19.6 Å². The van der Waals surface area contributed by atoms with Crippen LogP contribution in [-0.4, -0.2) is 54.1 Å². The Labute approximate surface area is 156 Å². The van der Waals surface area contributed by atoms with E-state index in [0.717, 1.165) is 11.1 Å². The normalized spacial score (nSPS) is 11.4. The maximum atomic E-state index is 12.1. The molecule has 1 aromatic carbocycles. The minimum atomic E-state index is -0.444. The predicted molar refractivity (Wildman–Crippen MR) is 102 cm³/mol. The Bertz CT molecular complexity index is 635. The van der Waals surface area contributed by atoms with E-state index < -0.39 is 11.5 Å². The molecule has 0 aromatic heterocycles. The van der Waals surface area contributed by atoms with Crippen molar-refractivity contribution in [1.82, 2.24) is 9.80 Å². The third-order valence-electron chi connectivity index (χ3n) is 4.15. The average Bonchev–Trinajstić information content (AvgIpc) is 2.56. The van der Waals surface area contributed by atoms with Gasteiger partial charge in [-0.05, 0) is 29.2 Å². The maximum Gasteiger partial charge on any atom is 0.409 e. The SMILES string of the molecule is CC(C)c1cc(COC(=O)N(C)CCN(C)C(=O)C(C)(C)C)ccc1O. The van der Waals surface area contributed by atoms with Gasteiger partial charge in [0.1, 0.15) is 12.4 Å². The zero-order valence-corrected chi connectivity index (χ0v) is 17.0. The van der Waals surface area contributed by atoms with Crippen molar-refractivity contribution in [3.8, 4) is 5.75 Å². The number of aromatic hydroxyl groups is 1. The standard InChI is InChI=1S/C20H32N2O4/c1-14(2)16-12-15(8-9-17(16)23)13-26-19(25)22(7)11-10-21(6)18(24)20(3,4)5/h8-9,12,14,23H,10-11,13H2,1-7H3. The van der Waals surface area contributed by atoms with Gasteiger partial charge in [-0.15, -0.1) is 0 Å². The van der Waals surface area contributed by atoms with E-state index in [1.54, 1.807) is 31.1 Å². The first-order valence-electron chi connectivity index (χ1n) is 8.88. The molecule has 6 nitrogen and oxygen atoms in total. The highest BCUT2D eigenvalue weighted by atomic mass is 16.6. The Balaban J connectivity index is 2.53. The number of phenolic OH excluding ortho intramolecular Hbond substituents is 1. The molecule has 2 amide bonds. The van der Waals surface area contributed by atoms with Gasteiger partial charge in [0.2, 0.25) is 5.91 Å². The number of amides is 2. The van der Waals surface area contributed by atoms with Gasteiger partial charge in [0.05, 0.1) is 0 Å². The van der Waals surface area contributed by atoms with Crippen molar-refractivity contribution in [2.24, 2.45) is 5.41 Å². The lowest BCUT2D eigenvalue weighted by atomic mass is 9.95. The van der Waals surface area contributed by atoms with E-state index in [0.29, 0.717) is 13.1 Å². The molecular weight excluding hydrogens is 332 g/mol. The highest BCUT2D eigenvalue weighted by Crippen LogP contribution is 2.26. The Hall–Kier alpha value is -2.24. The molecule has 0 aliphatic carbocycles. The topological polar surface area (TPSA) is 70.1 Å². The van der Waals surface area contributed by atoms with Gasteiger partial charge in [-0.3, -0.25) is 4.79 Å². The fraction of sp³-hybridized carbons (Fsp3) is 0.600. The Morgan fingerprint density at radius 3 is 2.23 bits per heavy atom. The van der Waals surface area contributed by atoms with E-state index in [1.165, 1.54) is 4.90 Å². The molecule has 0 spiro atoms. The molecule has 6 heteroatoms. The summed E-state index contributed by atoms with van der Waals surface area (Å²) in [5, 5.41) is 9.85. The van der Waals surface area contributed by atoms with Crippen molar-refractivity contribution in [3.05, 3.63) is 29.3 Å². The van der Waals surface area contributed by atoms with E-state index in [-0.39, 0.29) is 24.2 Å². The van der Waals surface area contributed by atoms with Crippen LogP contribution in [0.5, 0.6) is 5.75 Å². The van der Waals surface area contributed by atoms with Gasteiger partial charge in [0, 0.05) is 32.6 Å². The van der Waals surface area contributed by atoms with E-state index in [2.05, 4.69) is 0 Å². The largest absolute Gasteiger partial charge is 0.508 e. The van der Waals surface area contributed by atoms with E-state index in [1.807, 2.05) is 40.7 Å². The number of likely N-dealkylation sites (N-methyl/N-ethyl adjacent to an activating group) is 2. The van der Waals surface area contributed by atoms with Crippen LogP contribution in [0.4, 0.5) is 4.79 Å². The summed E-state index contributed by atoms with van der Waals surface area (Å²) in [5.41, 5.74) is 1.21. The van der Waals surface area contributed by atoms with Crippen molar-refractivity contribution in [2.45, 2.75) is 47.1 Å². The van der Waals surface area contributed by atoms with Gasteiger partial charge in [0.25, 0.3) is 0 Å². The summed E-state index contributed by atoms with van der Waals surface area (Å²) < 4.78 is 5.33. The van der Waals surface area contributed by atoms with Gasteiger partial charge in [0.15, 0.2) is 0 Å². The number of phenols is 1. The fourth-order valence-electron chi connectivity index (χ4n) is 2.48. The monoisotopic (exact) mass is 364 g/mol. The van der Waals surface area contributed by atoms with Crippen molar-refractivity contribution >= 4 is 12.0 Å². The summed E-state index contributed by atoms with van der Waals surface area (Å²) in [5.74, 6) is 0.465. The van der Waals surface area contributed by atoms with Crippen LogP contribution in [0.25, 0.3) is 0 Å². The van der Waals surface area contributed by atoms with Crippen LogP contribution in [0.2, 0.25) is 0 Å². The van der Waals surface area contributed by atoms with Crippen molar-refractivity contribution < 1.29 is 19.4 Å². The minimum absolute atomic E-state index is 0.0320. The van der Waals surface area contributed by atoms with E-state index >= 15 is 0 Å². The highest BCUT2D eigenvalue weighted by Gasteiger charge is 2.25. The van der Waals surface area contributed by atoms with E-state index in [4.69, 9.17) is 4.74 Å². The van der Waals surface area contributed by atoms with Crippen LogP contribution in [0.15, 0.2) is 18.2 Å². The molecule has 0 fully saturated rings. The summed E-state index contributed by atoms with van der Waals surface area (Å²) in [4.78, 5) is 27.4. The fourth-order valence-corrected chi connectivity index (χ4v) is 2.48. The lowest BCUT2D eigenvalue weighted by Gasteiger charge is -2.27. The Kier molecular flexibility index (Phi) is 7.48. The number of nitrogens with zero attached hydrogens (tertiary/aromatic N) is 2. The number of ether oxygens (including phenoxy) is 1. The number of carbonyl (C=O) groups excluding carboxylic acids is 2. The molecule has 0 saturated heterocycles. The lowest BCUT2D eigenvalue weighted by molar-refractivity contribution is -0.138. The number of hydrogen-bond donors (Lipinski definition) is 1. The molecule has 0 aliphatic heterocycles. The molecule has 26 heavy (non-hydrogen) atoms. The van der Waals surface area contributed by atoms with Gasteiger partial charge in [-0.1, -0.05) is 40.7 Å². The average molecular weight is 364 g/mol. The molecule has 0 heterocycles. The lowest BCUT2D eigenvalue weighted by Crippen LogP contribution is -2.41. The highest BCUT2D eigenvalue weighted by molar-refractivity contribution is 5.81. The van der Waals surface area contributed by atoms with Crippen LogP contribution in [0.1, 0.15) is 51.7 Å². The second kappa shape index (κ2) is 8.92. The van der Waals surface area contributed by atoms with Crippen LogP contribution < -0.4 is 0 Å². The smallest absolute Gasteiger partial charge is 0.409 e. The maximum absolute atomic E-state index is 12.1. The first kappa shape index (κ1) is 21.8. The predicted octanol–water partition coefficient (Wildman–Crippen LogP) is 3.59. The van der Waals surface area contributed by atoms with Gasteiger partial charge >= 0.3 is 6.09 Å². The number of carbonyl (C=O) groups is 2. The molecule has 146 valence electrons. The molecule has 0 aliphatic rings. The summed E-state index contributed by atoms with van der Waals surface area (Å²) in [6, 6.07) is 5.21. The van der Waals surface area contributed by atoms with Crippen molar-refractivity contribution in [3.63, 3.8) is 0 Å². The van der Waals surface area contributed by atoms with Gasteiger partial charge in [-0.25, -0.2) is 4.79 Å². The summed E-state index contributed by atoms with van der Waals surface area (Å²) in [6.45, 7) is 10.6.